The van der Waals surface area contributed by atoms with Crippen LogP contribution in [0.15, 0.2) is 64.8 Å². The Balaban J connectivity index is 1.93. The van der Waals surface area contributed by atoms with Crippen molar-refractivity contribution < 1.29 is 9.53 Å². The van der Waals surface area contributed by atoms with Crippen molar-refractivity contribution in [3.05, 3.63) is 54.6 Å². The predicted molar refractivity (Wildman–Crippen MR) is 82.3 cm³/mol. The minimum Gasteiger partial charge on any atom is -0.449 e. The molecular formula is C16H17N3O2. The molecule has 0 atom stereocenters. The number of ether oxygens (including phenoxy) is 1. The summed E-state index contributed by atoms with van der Waals surface area (Å²) >= 11 is 0. The predicted octanol–water partition coefficient (Wildman–Crippen LogP) is 5.06. The van der Waals surface area contributed by atoms with E-state index in [0.717, 1.165) is 12.1 Å². The van der Waals surface area contributed by atoms with Gasteiger partial charge in [-0.1, -0.05) is 25.1 Å². The molecular weight excluding hydrogens is 266 g/mol. The van der Waals surface area contributed by atoms with E-state index >= 15 is 0 Å². The zero-order valence-electron chi connectivity index (χ0n) is 11.8. The molecule has 5 nitrogen and oxygen atoms in total. The molecule has 1 N–H and O–H groups in total. The Kier molecular flexibility index (Phi) is 5.46. The number of carbonyl (C=O) groups is 1. The summed E-state index contributed by atoms with van der Waals surface area (Å²) in [6.07, 6.45) is 0.349. The van der Waals surface area contributed by atoms with Gasteiger partial charge in [-0.25, -0.2) is 4.79 Å². The lowest BCUT2D eigenvalue weighted by Crippen LogP contribution is -2.13. The zero-order chi connectivity index (χ0) is 14.9. The highest BCUT2D eigenvalue weighted by Crippen LogP contribution is 2.20. The molecule has 2 aromatic rings. The highest BCUT2D eigenvalue weighted by molar-refractivity contribution is 5.84. The molecule has 0 bridgehead atoms. The molecule has 0 saturated heterocycles. The van der Waals surface area contributed by atoms with Crippen molar-refractivity contribution in [2.24, 2.45) is 10.2 Å². The largest absolute Gasteiger partial charge is 0.449 e. The SMILES string of the molecule is CCCOC(=O)Nc1ccc(N=Nc2ccccc2)cc1. The average molecular weight is 283 g/mol. The Morgan fingerprint density at radius 1 is 1.00 bits per heavy atom. The van der Waals surface area contributed by atoms with Gasteiger partial charge in [0.15, 0.2) is 0 Å². The van der Waals surface area contributed by atoms with E-state index in [1.807, 2.05) is 37.3 Å². The second kappa shape index (κ2) is 7.79. The Morgan fingerprint density at radius 2 is 1.62 bits per heavy atom. The Morgan fingerprint density at radius 3 is 2.24 bits per heavy atom. The third-order valence-electron chi connectivity index (χ3n) is 2.59. The van der Waals surface area contributed by atoms with Crippen molar-refractivity contribution in [3.63, 3.8) is 0 Å². The van der Waals surface area contributed by atoms with Gasteiger partial charge in [-0.2, -0.15) is 10.2 Å². The van der Waals surface area contributed by atoms with Gasteiger partial charge < -0.3 is 4.74 Å². The number of amides is 1. The minimum absolute atomic E-state index is 0.412. The van der Waals surface area contributed by atoms with Crippen LogP contribution in [-0.4, -0.2) is 12.7 Å². The van der Waals surface area contributed by atoms with E-state index in [-0.39, 0.29) is 0 Å². The fraction of sp³-hybridized carbons (Fsp3) is 0.188. The maximum absolute atomic E-state index is 11.4. The normalized spacial score (nSPS) is 10.5. The van der Waals surface area contributed by atoms with Gasteiger partial charge >= 0.3 is 6.09 Å². The second-order valence-corrected chi connectivity index (χ2v) is 4.34. The van der Waals surface area contributed by atoms with Crippen LogP contribution >= 0.6 is 0 Å². The van der Waals surface area contributed by atoms with Crippen LogP contribution < -0.4 is 5.32 Å². The van der Waals surface area contributed by atoms with E-state index in [4.69, 9.17) is 4.74 Å². The Labute approximate surface area is 123 Å². The van der Waals surface area contributed by atoms with Crippen molar-refractivity contribution in [1.29, 1.82) is 0 Å². The monoisotopic (exact) mass is 283 g/mol. The molecule has 0 saturated carbocycles. The molecule has 2 aromatic carbocycles. The van der Waals surface area contributed by atoms with Crippen LogP contribution in [-0.2, 0) is 4.74 Å². The first-order chi connectivity index (χ1) is 10.3. The van der Waals surface area contributed by atoms with E-state index in [0.29, 0.717) is 18.0 Å². The number of hydrogen-bond donors (Lipinski definition) is 1. The summed E-state index contributed by atoms with van der Waals surface area (Å²) < 4.78 is 4.94. The van der Waals surface area contributed by atoms with Crippen molar-refractivity contribution >= 4 is 23.2 Å². The molecule has 0 aliphatic heterocycles. The van der Waals surface area contributed by atoms with E-state index in [9.17, 15) is 4.79 Å². The van der Waals surface area contributed by atoms with Crippen molar-refractivity contribution in [3.8, 4) is 0 Å². The number of hydrogen-bond acceptors (Lipinski definition) is 4. The van der Waals surface area contributed by atoms with Crippen LogP contribution in [0.1, 0.15) is 13.3 Å². The van der Waals surface area contributed by atoms with Crippen LogP contribution in [0.25, 0.3) is 0 Å². The molecule has 21 heavy (non-hydrogen) atoms. The lowest BCUT2D eigenvalue weighted by Gasteiger charge is -2.05. The summed E-state index contributed by atoms with van der Waals surface area (Å²) in [7, 11) is 0. The van der Waals surface area contributed by atoms with Crippen LogP contribution in [0.5, 0.6) is 0 Å². The third kappa shape index (κ3) is 5.06. The zero-order valence-corrected chi connectivity index (χ0v) is 11.8. The van der Waals surface area contributed by atoms with Gasteiger partial charge in [-0.3, -0.25) is 5.32 Å². The first-order valence-corrected chi connectivity index (χ1v) is 6.78. The van der Waals surface area contributed by atoms with Crippen LogP contribution in [0.4, 0.5) is 21.9 Å². The number of anilines is 1. The fourth-order valence-electron chi connectivity index (χ4n) is 1.57. The van der Waals surface area contributed by atoms with Gasteiger partial charge in [0.1, 0.15) is 0 Å². The molecule has 0 aromatic heterocycles. The van der Waals surface area contributed by atoms with Gasteiger partial charge in [-0.15, -0.1) is 0 Å². The molecule has 2 rings (SSSR count). The molecule has 5 heteroatoms. The smallest absolute Gasteiger partial charge is 0.411 e. The van der Waals surface area contributed by atoms with E-state index in [2.05, 4.69) is 15.5 Å². The van der Waals surface area contributed by atoms with Crippen molar-refractivity contribution in [2.75, 3.05) is 11.9 Å². The standard InChI is InChI=1S/C16H17N3O2/c1-2-12-21-16(20)17-13-8-10-15(11-9-13)19-18-14-6-4-3-5-7-14/h3-11H,2,12H2,1H3,(H,17,20). The van der Waals surface area contributed by atoms with Crippen LogP contribution in [0.2, 0.25) is 0 Å². The van der Waals surface area contributed by atoms with Crippen molar-refractivity contribution in [2.45, 2.75) is 13.3 Å². The molecule has 1 amide bonds. The first-order valence-electron chi connectivity index (χ1n) is 6.78. The molecule has 0 aliphatic carbocycles. The number of nitrogens with one attached hydrogen (secondary N) is 1. The first kappa shape index (κ1) is 14.7. The summed E-state index contributed by atoms with van der Waals surface area (Å²) in [5, 5.41) is 10.9. The Bertz CT molecular complexity index is 595. The van der Waals surface area contributed by atoms with Gasteiger partial charge in [-0.05, 0) is 42.8 Å². The number of benzene rings is 2. The summed E-state index contributed by atoms with van der Waals surface area (Å²) in [4.78, 5) is 11.4. The maximum Gasteiger partial charge on any atom is 0.411 e. The molecule has 0 heterocycles. The maximum atomic E-state index is 11.4. The van der Waals surface area contributed by atoms with E-state index in [1.54, 1.807) is 24.3 Å². The van der Waals surface area contributed by atoms with E-state index < -0.39 is 6.09 Å². The highest BCUT2D eigenvalue weighted by Gasteiger charge is 2.01. The van der Waals surface area contributed by atoms with Crippen LogP contribution in [0.3, 0.4) is 0 Å². The quantitative estimate of drug-likeness (QED) is 0.779. The second-order valence-electron chi connectivity index (χ2n) is 4.34. The summed E-state index contributed by atoms with van der Waals surface area (Å²) in [6, 6.07) is 16.6. The molecule has 0 unspecified atom stereocenters. The lowest BCUT2D eigenvalue weighted by atomic mass is 10.3. The molecule has 0 fully saturated rings. The number of carbonyl (C=O) groups excluding carboxylic acids is 1. The summed E-state index contributed by atoms with van der Waals surface area (Å²) in [6.45, 7) is 2.36. The van der Waals surface area contributed by atoms with Crippen LogP contribution in [0, 0.1) is 0 Å². The molecule has 0 aliphatic rings. The average Bonchev–Trinajstić information content (AvgIpc) is 2.53. The number of azo groups is 1. The van der Waals surface area contributed by atoms with Gasteiger partial charge in [0, 0.05) is 5.69 Å². The Hall–Kier alpha value is -2.69. The molecule has 108 valence electrons. The molecule has 0 spiro atoms. The summed E-state index contributed by atoms with van der Waals surface area (Å²) in [5.41, 5.74) is 2.17. The summed E-state index contributed by atoms with van der Waals surface area (Å²) in [5.74, 6) is 0. The van der Waals surface area contributed by atoms with Gasteiger partial charge in [0.05, 0.1) is 18.0 Å². The topological polar surface area (TPSA) is 63.0 Å². The van der Waals surface area contributed by atoms with Gasteiger partial charge in [0.25, 0.3) is 0 Å². The third-order valence-corrected chi connectivity index (χ3v) is 2.59. The fourth-order valence-corrected chi connectivity index (χ4v) is 1.57. The van der Waals surface area contributed by atoms with Gasteiger partial charge in [0.2, 0.25) is 0 Å². The highest BCUT2D eigenvalue weighted by atomic mass is 16.5. The minimum atomic E-state index is -0.449. The molecule has 0 radical (unpaired) electrons. The van der Waals surface area contributed by atoms with Crippen molar-refractivity contribution in [1.82, 2.24) is 0 Å². The van der Waals surface area contributed by atoms with E-state index in [1.165, 1.54) is 0 Å². The number of nitrogens with zero attached hydrogens (tertiary/aromatic N) is 2. The number of rotatable bonds is 5. The lowest BCUT2D eigenvalue weighted by molar-refractivity contribution is 0.161.